The smallest absolute Gasteiger partial charge is 0.183 e. The molecule has 2 N–H and O–H groups in total. The Balaban J connectivity index is 1.89. The van der Waals surface area contributed by atoms with E-state index in [1.54, 1.807) is 11.3 Å². The van der Waals surface area contributed by atoms with Crippen molar-refractivity contribution in [3.8, 4) is 11.5 Å². The molecular weight excluding hydrogens is 258 g/mol. The first-order chi connectivity index (χ1) is 9.25. The van der Waals surface area contributed by atoms with Gasteiger partial charge in [0.1, 0.15) is 17.0 Å². The molecule has 19 heavy (non-hydrogen) atoms. The molecule has 1 atom stereocenters. The van der Waals surface area contributed by atoms with E-state index in [0.717, 1.165) is 16.5 Å². The van der Waals surface area contributed by atoms with Crippen LogP contribution in [0, 0.1) is 0 Å². The van der Waals surface area contributed by atoms with E-state index in [0.29, 0.717) is 6.04 Å². The summed E-state index contributed by atoms with van der Waals surface area (Å²) in [6.07, 6.45) is 8.22. The SMILES string of the molecule is CC(N)c1nc(-c2nncn2C2CCCCC2)cs1. The van der Waals surface area contributed by atoms with Crippen molar-refractivity contribution in [1.82, 2.24) is 19.7 Å². The fourth-order valence-electron chi connectivity index (χ4n) is 2.65. The van der Waals surface area contributed by atoms with Gasteiger partial charge in [-0.1, -0.05) is 19.3 Å². The standard InChI is InChI=1S/C13H19N5S/c1-9(14)13-16-11(7-19-13)12-17-15-8-18(12)10-5-3-2-4-6-10/h7-10H,2-6,14H2,1H3. The van der Waals surface area contributed by atoms with E-state index in [4.69, 9.17) is 5.73 Å². The van der Waals surface area contributed by atoms with Crippen LogP contribution in [0.3, 0.4) is 0 Å². The molecule has 0 aromatic carbocycles. The molecule has 2 heterocycles. The van der Waals surface area contributed by atoms with Gasteiger partial charge in [-0.05, 0) is 19.8 Å². The zero-order valence-electron chi connectivity index (χ0n) is 11.1. The maximum atomic E-state index is 5.87. The summed E-state index contributed by atoms with van der Waals surface area (Å²) in [7, 11) is 0. The van der Waals surface area contributed by atoms with Crippen LogP contribution < -0.4 is 5.73 Å². The zero-order valence-corrected chi connectivity index (χ0v) is 11.9. The average molecular weight is 277 g/mol. The molecule has 0 radical (unpaired) electrons. The summed E-state index contributed by atoms with van der Waals surface area (Å²) in [5, 5.41) is 11.3. The monoisotopic (exact) mass is 277 g/mol. The molecule has 0 aliphatic heterocycles. The first-order valence-corrected chi connectivity index (χ1v) is 7.74. The minimum atomic E-state index is -0.0233. The molecule has 102 valence electrons. The van der Waals surface area contributed by atoms with Gasteiger partial charge >= 0.3 is 0 Å². The molecule has 1 fully saturated rings. The van der Waals surface area contributed by atoms with Crippen LogP contribution in [-0.2, 0) is 0 Å². The van der Waals surface area contributed by atoms with E-state index in [9.17, 15) is 0 Å². The molecule has 2 aromatic rings. The van der Waals surface area contributed by atoms with Crippen LogP contribution in [0.2, 0.25) is 0 Å². The van der Waals surface area contributed by atoms with Crippen molar-refractivity contribution in [2.24, 2.45) is 5.73 Å². The second kappa shape index (κ2) is 5.38. The van der Waals surface area contributed by atoms with Gasteiger partial charge in [0.15, 0.2) is 5.82 Å². The second-order valence-corrected chi connectivity index (χ2v) is 6.10. The molecule has 0 amide bonds. The van der Waals surface area contributed by atoms with Crippen molar-refractivity contribution in [2.45, 2.75) is 51.1 Å². The third kappa shape index (κ3) is 2.55. The van der Waals surface area contributed by atoms with E-state index >= 15 is 0 Å². The lowest BCUT2D eigenvalue weighted by atomic mass is 9.95. The van der Waals surface area contributed by atoms with Gasteiger partial charge in [-0.2, -0.15) is 0 Å². The van der Waals surface area contributed by atoms with Crippen molar-refractivity contribution in [3.05, 3.63) is 16.7 Å². The fourth-order valence-corrected chi connectivity index (χ4v) is 3.41. The lowest BCUT2D eigenvalue weighted by molar-refractivity contribution is 0.355. The summed E-state index contributed by atoms with van der Waals surface area (Å²) in [6, 6.07) is 0.504. The van der Waals surface area contributed by atoms with Crippen molar-refractivity contribution >= 4 is 11.3 Å². The van der Waals surface area contributed by atoms with Crippen LogP contribution in [0.4, 0.5) is 0 Å². The van der Waals surface area contributed by atoms with Crippen LogP contribution >= 0.6 is 11.3 Å². The highest BCUT2D eigenvalue weighted by molar-refractivity contribution is 7.10. The molecule has 1 aliphatic rings. The van der Waals surface area contributed by atoms with Crippen LogP contribution in [-0.4, -0.2) is 19.7 Å². The number of thiazole rings is 1. The topological polar surface area (TPSA) is 69.6 Å². The lowest BCUT2D eigenvalue weighted by Gasteiger charge is -2.23. The first kappa shape index (κ1) is 12.7. The molecule has 0 bridgehead atoms. The van der Waals surface area contributed by atoms with E-state index < -0.39 is 0 Å². The fraction of sp³-hybridized carbons (Fsp3) is 0.615. The summed E-state index contributed by atoms with van der Waals surface area (Å²) in [5.41, 5.74) is 6.77. The minimum Gasteiger partial charge on any atom is -0.322 e. The van der Waals surface area contributed by atoms with Gasteiger partial charge in [0.05, 0.1) is 6.04 Å². The summed E-state index contributed by atoms with van der Waals surface area (Å²) in [4.78, 5) is 4.58. The highest BCUT2D eigenvalue weighted by Gasteiger charge is 2.20. The molecule has 0 spiro atoms. The van der Waals surface area contributed by atoms with Gasteiger partial charge in [0, 0.05) is 11.4 Å². The van der Waals surface area contributed by atoms with Gasteiger partial charge in [0.2, 0.25) is 0 Å². The molecular formula is C13H19N5S. The predicted molar refractivity (Wildman–Crippen MR) is 75.9 cm³/mol. The third-order valence-electron chi connectivity index (χ3n) is 3.68. The Labute approximate surface area is 116 Å². The highest BCUT2D eigenvalue weighted by atomic mass is 32.1. The van der Waals surface area contributed by atoms with Crippen LogP contribution in [0.25, 0.3) is 11.5 Å². The Morgan fingerprint density at radius 3 is 2.84 bits per heavy atom. The van der Waals surface area contributed by atoms with Crippen LogP contribution in [0.1, 0.15) is 56.1 Å². The lowest BCUT2D eigenvalue weighted by Crippen LogP contribution is -2.13. The Morgan fingerprint density at radius 1 is 1.37 bits per heavy atom. The van der Waals surface area contributed by atoms with Gasteiger partial charge < -0.3 is 10.3 Å². The maximum Gasteiger partial charge on any atom is 0.183 e. The van der Waals surface area contributed by atoms with Gasteiger partial charge in [-0.25, -0.2) is 4.98 Å². The number of hydrogen-bond acceptors (Lipinski definition) is 5. The van der Waals surface area contributed by atoms with Crippen LogP contribution in [0.15, 0.2) is 11.7 Å². The minimum absolute atomic E-state index is 0.0233. The Bertz CT molecular complexity index is 539. The maximum absolute atomic E-state index is 5.87. The van der Waals surface area contributed by atoms with E-state index in [1.807, 2.05) is 18.6 Å². The number of nitrogens with zero attached hydrogens (tertiary/aromatic N) is 4. The molecule has 5 nitrogen and oxygen atoms in total. The second-order valence-electron chi connectivity index (χ2n) is 5.21. The molecule has 1 saturated carbocycles. The Hall–Kier alpha value is -1.27. The first-order valence-electron chi connectivity index (χ1n) is 6.86. The van der Waals surface area contributed by atoms with Crippen LogP contribution in [0.5, 0.6) is 0 Å². The van der Waals surface area contributed by atoms with E-state index in [1.165, 1.54) is 32.1 Å². The zero-order chi connectivity index (χ0) is 13.2. The summed E-state index contributed by atoms with van der Waals surface area (Å²) < 4.78 is 2.19. The van der Waals surface area contributed by atoms with Crippen molar-refractivity contribution < 1.29 is 0 Å². The Morgan fingerprint density at radius 2 is 2.16 bits per heavy atom. The van der Waals surface area contributed by atoms with Gasteiger partial charge in [0.25, 0.3) is 0 Å². The van der Waals surface area contributed by atoms with E-state index in [-0.39, 0.29) is 6.04 Å². The normalized spacial score (nSPS) is 18.6. The molecule has 1 unspecified atom stereocenters. The molecule has 6 heteroatoms. The molecule has 3 rings (SSSR count). The number of rotatable bonds is 3. The largest absolute Gasteiger partial charge is 0.322 e. The van der Waals surface area contributed by atoms with Crippen molar-refractivity contribution in [2.75, 3.05) is 0 Å². The third-order valence-corrected chi connectivity index (χ3v) is 4.73. The van der Waals surface area contributed by atoms with Crippen molar-refractivity contribution in [3.63, 3.8) is 0 Å². The van der Waals surface area contributed by atoms with E-state index in [2.05, 4.69) is 19.7 Å². The molecule has 2 aromatic heterocycles. The molecule has 0 saturated heterocycles. The number of nitrogens with two attached hydrogens (primary N) is 1. The number of hydrogen-bond donors (Lipinski definition) is 1. The summed E-state index contributed by atoms with van der Waals surface area (Å²) in [6.45, 7) is 1.95. The summed E-state index contributed by atoms with van der Waals surface area (Å²) in [5.74, 6) is 0.884. The van der Waals surface area contributed by atoms with Gasteiger partial charge in [-0.15, -0.1) is 21.5 Å². The number of aromatic nitrogens is 4. The van der Waals surface area contributed by atoms with Gasteiger partial charge in [-0.3, -0.25) is 0 Å². The Kier molecular flexibility index (Phi) is 3.61. The molecule has 1 aliphatic carbocycles. The predicted octanol–water partition coefficient (Wildman–Crippen LogP) is 2.93. The average Bonchev–Trinajstić information content (AvgIpc) is 3.08. The van der Waals surface area contributed by atoms with Crippen molar-refractivity contribution in [1.29, 1.82) is 0 Å². The quantitative estimate of drug-likeness (QED) is 0.936. The summed E-state index contributed by atoms with van der Waals surface area (Å²) >= 11 is 1.59. The highest BCUT2D eigenvalue weighted by Crippen LogP contribution is 2.32.